The molecule has 0 N–H and O–H groups in total. The summed E-state index contributed by atoms with van der Waals surface area (Å²) in [6.07, 6.45) is 0.0650. The van der Waals surface area contributed by atoms with Gasteiger partial charge in [-0.25, -0.2) is 0 Å². The number of carbonyl (C=O) groups excluding carboxylic acids is 1. The van der Waals surface area contributed by atoms with Gasteiger partial charge in [0.2, 0.25) is 0 Å². The van der Waals surface area contributed by atoms with Gasteiger partial charge in [-0.05, 0) is 26.0 Å². The summed E-state index contributed by atoms with van der Waals surface area (Å²) in [6.45, 7) is 5.06. The Morgan fingerprint density at radius 3 is 3.00 bits per heavy atom. The Morgan fingerprint density at radius 1 is 1.47 bits per heavy atom. The smallest absolute Gasteiger partial charge is 0.253 e. The van der Waals surface area contributed by atoms with Crippen molar-refractivity contribution in [1.29, 1.82) is 0 Å². The summed E-state index contributed by atoms with van der Waals surface area (Å²) < 4.78 is 10.8. The van der Waals surface area contributed by atoms with Gasteiger partial charge in [-0.2, -0.15) is 0 Å². The molecule has 1 heterocycles. The number of fused-ring (bicyclic) bond motifs is 1. The van der Waals surface area contributed by atoms with Crippen LogP contribution < -0.4 is 9.64 Å². The lowest BCUT2D eigenvalue weighted by Crippen LogP contribution is -2.40. The van der Waals surface area contributed by atoms with Crippen LogP contribution >= 0.6 is 0 Å². The van der Waals surface area contributed by atoms with Crippen molar-refractivity contribution in [3.05, 3.63) is 24.3 Å². The van der Waals surface area contributed by atoms with Crippen LogP contribution in [0.15, 0.2) is 24.3 Å². The first-order valence-electron chi connectivity index (χ1n) is 5.82. The lowest BCUT2D eigenvalue weighted by Gasteiger charge is -2.29. The zero-order chi connectivity index (χ0) is 12.3. The highest BCUT2D eigenvalue weighted by atomic mass is 16.5. The molecule has 1 aliphatic rings. The highest BCUT2D eigenvalue weighted by Crippen LogP contribution is 2.30. The summed E-state index contributed by atoms with van der Waals surface area (Å²) in [5.41, 5.74) is 0.830. The van der Waals surface area contributed by atoms with E-state index in [9.17, 15) is 4.79 Å². The van der Waals surface area contributed by atoms with Crippen LogP contribution in [0.3, 0.4) is 0 Å². The molecule has 0 aromatic heterocycles. The SMILES string of the molecule is CC(C)OCC(=O)N1CCOc2ccccc21. The van der Waals surface area contributed by atoms with Gasteiger partial charge < -0.3 is 14.4 Å². The van der Waals surface area contributed by atoms with E-state index in [2.05, 4.69) is 0 Å². The fourth-order valence-electron chi connectivity index (χ4n) is 1.74. The number of ether oxygens (including phenoxy) is 2. The van der Waals surface area contributed by atoms with Crippen molar-refractivity contribution in [2.45, 2.75) is 20.0 Å². The van der Waals surface area contributed by atoms with Gasteiger partial charge in [-0.1, -0.05) is 12.1 Å². The predicted octanol–water partition coefficient (Wildman–Crippen LogP) is 1.84. The monoisotopic (exact) mass is 235 g/mol. The van der Waals surface area contributed by atoms with Crippen LogP contribution in [0.25, 0.3) is 0 Å². The number of carbonyl (C=O) groups is 1. The van der Waals surface area contributed by atoms with Gasteiger partial charge >= 0.3 is 0 Å². The number of hydrogen-bond acceptors (Lipinski definition) is 3. The zero-order valence-corrected chi connectivity index (χ0v) is 10.2. The second kappa shape index (κ2) is 5.19. The topological polar surface area (TPSA) is 38.8 Å². The number of amides is 1. The van der Waals surface area contributed by atoms with Gasteiger partial charge in [0.15, 0.2) is 0 Å². The van der Waals surface area contributed by atoms with E-state index >= 15 is 0 Å². The normalized spacial score (nSPS) is 14.4. The Balaban J connectivity index is 2.10. The second-order valence-electron chi connectivity index (χ2n) is 4.22. The molecule has 0 fully saturated rings. The fourth-order valence-corrected chi connectivity index (χ4v) is 1.74. The molecule has 0 spiro atoms. The Hall–Kier alpha value is -1.55. The minimum atomic E-state index is -0.0190. The molecule has 1 aliphatic heterocycles. The first-order chi connectivity index (χ1) is 8.18. The number of nitrogens with zero attached hydrogens (tertiary/aromatic N) is 1. The molecule has 1 aromatic rings. The average molecular weight is 235 g/mol. The number of benzene rings is 1. The third-order valence-corrected chi connectivity index (χ3v) is 2.57. The summed E-state index contributed by atoms with van der Waals surface area (Å²) in [4.78, 5) is 13.7. The van der Waals surface area contributed by atoms with E-state index in [1.165, 1.54) is 0 Å². The van der Waals surface area contributed by atoms with Gasteiger partial charge in [0.25, 0.3) is 5.91 Å². The molecule has 0 aliphatic carbocycles. The van der Waals surface area contributed by atoms with Crippen molar-refractivity contribution in [3.8, 4) is 5.75 Å². The van der Waals surface area contributed by atoms with Gasteiger partial charge in [0.1, 0.15) is 19.0 Å². The Kier molecular flexibility index (Phi) is 3.64. The highest BCUT2D eigenvalue weighted by Gasteiger charge is 2.23. The standard InChI is InChI=1S/C13H17NO3/c1-10(2)17-9-13(15)14-7-8-16-12-6-4-3-5-11(12)14/h3-6,10H,7-9H2,1-2H3. The van der Waals surface area contributed by atoms with Gasteiger partial charge in [0, 0.05) is 0 Å². The molecule has 4 heteroatoms. The molecule has 0 unspecified atom stereocenters. The van der Waals surface area contributed by atoms with Crippen LogP contribution in [0.5, 0.6) is 5.75 Å². The molecule has 2 rings (SSSR count). The molecule has 92 valence electrons. The van der Waals surface area contributed by atoms with Crippen molar-refractivity contribution in [1.82, 2.24) is 0 Å². The molecule has 0 saturated carbocycles. The van der Waals surface area contributed by atoms with E-state index in [4.69, 9.17) is 9.47 Å². The molecule has 0 saturated heterocycles. The Morgan fingerprint density at radius 2 is 2.24 bits per heavy atom. The fraction of sp³-hybridized carbons (Fsp3) is 0.462. The average Bonchev–Trinajstić information content (AvgIpc) is 2.35. The van der Waals surface area contributed by atoms with Crippen LogP contribution in [-0.4, -0.2) is 31.8 Å². The molecule has 0 radical (unpaired) electrons. The molecule has 1 amide bonds. The van der Waals surface area contributed by atoms with Crippen LogP contribution in [-0.2, 0) is 9.53 Å². The lowest BCUT2D eigenvalue weighted by molar-refractivity contribution is -0.124. The van der Waals surface area contributed by atoms with Crippen LogP contribution in [0.1, 0.15) is 13.8 Å². The van der Waals surface area contributed by atoms with Crippen LogP contribution in [0.4, 0.5) is 5.69 Å². The summed E-state index contributed by atoms with van der Waals surface area (Å²) >= 11 is 0. The number of anilines is 1. The summed E-state index contributed by atoms with van der Waals surface area (Å²) in [6, 6.07) is 7.56. The van der Waals surface area contributed by atoms with E-state index in [0.717, 1.165) is 11.4 Å². The minimum absolute atomic E-state index is 0.0190. The van der Waals surface area contributed by atoms with E-state index in [0.29, 0.717) is 13.2 Å². The maximum absolute atomic E-state index is 12.0. The third-order valence-electron chi connectivity index (χ3n) is 2.57. The number of hydrogen-bond donors (Lipinski definition) is 0. The van der Waals surface area contributed by atoms with E-state index < -0.39 is 0 Å². The lowest BCUT2D eigenvalue weighted by atomic mass is 10.2. The zero-order valence-electron chi connectivity index (χ0n) is 10.2. The van der Waals surface area contributed by atoms with Crippen molar-refractivity contribution in [2.75, 3.05) is 24.7 Å². The van der Waals surface area contributed by atoms with Crippen molar-refractivity contribution >= 4 is 11.6 Å². The molecule has 0 atom stereocenters. The Bertz CT molecular complexity index is 403. The molecule has 1 aromatic carbocycles. The maximum Gasteiger partial charge on any atom is 0.253 e. The third kappa shape index (κ3) is 2.77. The van der Waals surface area contributed by atoms with Crippen LogP contribution in [0, 0.1) is 0 Å². The van der Waals surface area contributed by atoms with Crippen LogP contribution in [0.2, 0.25) is 0 Å². The Labute approximate surface area is 101 Å². The van der Waals surface area contributed by atoms with E-state index in [-0.39, 0.29) is 18.6 Å². The predicted molar refractivity (Wildman–Crippen MR) is 65.4 cm³/mol. The largest absolute Gasteiger partial charge is 0.490 e. The first-order valence-corrected chi connectivity index (χ1v) is 5.82. The van der Waals surface area contributed by atoms with Crippen molar-refractivity contribution < 1.29 is 14.3 Å². The van der Waals surface area contributed by atoms with Gasteiger partial charge in [0.05, 0.1) is 18.3 Å². The maximum atomic E-state index is 12.0. The molecule has 0 bridgehead atoms. The first kappa shape index (κ1) is 11.9. The summed E-state index contributed by atoms with van der Waals surface area (Å²) in [5.74, 6) is 0.742. The van der Waals surface area contributed by atoms with E-state index in [1.807, 2.05) is 38.1 Å². The highest BCUT2D eigenvalue weighted by molar-refractivity contribution is 5.96. The van der Waals surface area contributed by atoms with Crippen molar-refractivity contribution in [3.63, 3.8) is 0 Å². The quantitative estimate of drug-likeness (QED) is 0.802. The van der Waals surface area contributed by atoms with E-state index in [1.54, 1.807) is 4.90 Å². The van der Waals surface area contributed by atoms with Gasteiger partial charge in [-0.3, -0.25) is 4.79 Å². The molecule has 17 heavy (non-hydrogen) atoms. The second-order valence-corrected chi connectivity index (χ2v) is 4.22. The van der Waals surface area contributed by atoms with Crippen molar-refractivity contribution in [2.24, 2.45) is 0 Å². The van der Waals surface area contributed by atoms with Gasteiger partial charge in [-0.15, -0.1) is 0 Å². The molecular weight excluding hydrogens is 218 g/mol. The number of rotatable bonds is 3. The summed E-state index contributed by atoms with van der Waals surface area (Å²) in [5, 5.41) is 0. The molecular formula is C13H17NO3. The molecule has 4 nitrogen and oxygen atoms in total. The number of para-hydroxylation sites is 2. The minimum Gasteiger partial charge on any atom is -0.490 e. The summed E-state index contributed by atoms with van der Waals surface area (Å²) in [7, 11) is 0.